The number of rotatable bonds is 7. The fourth-order valence-corrected chi connectivity index (χ4v) is 3.05. The van der Waals surface area contributed by atoms with E-state index in [9.17, 15) is 4.79 Å². The molecule has 1 aromatic rings. The van der Waals surface area contributed by atoms with Crippen molar-refractivity contribution in [1.29, 1.82) is 0 Å². The Labute approximate surface area is 176 Å². The number of ether oxygens (including phenoxy) is 1. The fraction of sp³-hybridized carbons (Fsp3) is 0.400. The summed E-state index contributed by atoms with van der Waals surface area (Å²) < 4.78 is 5.59. The summed E-state index contributed by atoms with van der Waals surface area (Å²) in [6, 6.07) is 3.79. The van der Waals surface area contributed by atoms with Crippen LogP contribution in [0.15, 0.2) is 47.0 Å². The highest BCUT2D eigenvalue weighted by molar-refractivity contribution is 7.80. The lowest BCUT2D eigenvalue weighted by Gasteiger charge is -2.28. The van der Waals surface area contributed by atoms with Crippen LogP contribution in [0.1, 0.15) is 33.1 Å². The molecule has 3 heterocycles. The first-order valence-electron chi connectivity index (χ1n) is 9.69. The van der Waals surface area contributed by atoms with Crippen molar-refractivity contribution in [3.63, 3.8) is 0 Å². The second kappa shape index (κ2) is 9.62. The molecule has 1 atom stereocenters. The van der Waals surface area contributed by atoms with E-state index in [1.807, 2.05) is 23.1 Å². The molecule has 0 saturated heterocycles. The SMILES string of the molecule is CCCCCOc1ccc(NC(=S)NC(=O)C2=CN3C(=CC(C)N3C)N=C2)cn1. The summed E-state index contributed by atoms with van der Waals surface area (Å²) in [4.78, 5) is 21.1. The van der Waals surface area contributed by atoms with Crippen molar-refractivity contribution >= 4 is 35.1 Å². The van der Waals surface area contributed by atoms with Gasteiger partial charge in [0.1, 0.15) is 5.82 Å². The van der Waals surface area contributed by atoms with Gasteiger partial charge in [0, 0.05) is 31.6 Å². The molecular formula is C20H26N6O2S. The molecule has 0 radical (unpaired) electrons. The van der Waals surface area contributed by atoms with Crippen molar-refractivity contribution in [3.8, 4) is 5.88 Å². The summed E-state index contributed by atoms with van der Waals surface area (Å²) in [5, 5.41) is 9.64. The summed E-state index contributed by atoms with van der Waals surface area (Å²) in [7, 11) is 1.94. The molecule has 8 nitrogen and oxygen atoms in total. The molecule has 29 heavy (non-hydrogen) atoms. The molecule has 1 amide bonds. The predicted molar refractivity (Wildman–Crippen MR) is 117 cm³/mol. The van der Waals surface area contributed by atoms with Crippen molar-refractivity contribution < 1.29 is 9.53 Å². The van der Waals surface area contributed by atoms with E-state index >= 15 is 0 Å². The number of aromatic nitrogens is 1. The molecule has 2 N–H and O–H groups in total. The van der Waals surface area contributed by atoms with Gasteiger partial charge in [0.15, 0.2) is 5.11 Å². The summed E-state index contributed by atoms with van der Waals surface area (Å²) in [6.07, 6.45) is 10.2. The first-order valence-corrected chi connectivity index (χ1v) is 10.1. The first-order chi connectivity index (χ1) is 14.0. The fourth-order valence-electron chi connectivity index (χ4n) is 2.84. The van der Waals surface area contributed by atoms with Crippen LogP contribution in [0.4, 0.5) is 5.69 Å². The minimum atomic E-state index is -0.331. The van der Waals surface area contributed by atoms with Crippen LogP contribution < -0.4 is 15.4 Å². The Morgan fingerprint density at radius 3 is 2.90 bits per heavy atom. The van der Waals surface area contributed by atoms with E-state index in [2.05, 4.69) is 34.5 Å². The Hall–Kier alpha value is -2.78. The maximum Gasteiger partial charge on any atom is 0.260 e. The highest BCUT2D eigenvalue weighted by Crippen LogP contribution is 2.25. The Balaban J connectivity index is 1.50. The summed E-state index contributed by atoms with van der Waals surface area (Å²) in [5.41, 5.74) is 1.09. The largest absolute Gasteiger partial charge is 0.478 e. The van der Waals surface area contributed by atoms with E-state index in [1.54, 1.807) is 30.7 Å². The van der Waals surface area contributed by atoms with Crippen molar-refractivity contribution in [2.45, 2.75) is 39.2 Å². The van der Waals surface area contributed by atoms with Crippen molar-refractivity contribution in [2.75, 3.05) is 19.0 Å². The second-order valence-corrected chi connectivity index (χ2v) is 7.28. The molecule has 9 heteroatoms. The van der Waals surface area contributed by atoms with Crippen LogP contribution in [0.25, 0.3) is 0 Å². The zero-order valence-corrected chi connectivity index (χ0v) is 17.7. The number of nitrogens with one attached hydrogen (secondary N) is 2. The van der Waals surface area contributed by atoms with Crippen molar-refractivity contribution in [3.05, 3.63) is 42.0 Å². The molecule has 0 aromatic carbocycles. The van der Waals surface area contributed by atoms with Gasteiger partial charge in [-0.05, 0) is 37.7 Å². The highest BCUT2D eigenvalue weighted by Gasteiger charge is 2.28. The number of thiocarbonyl (C=S) groups is 1. The van der Waals surface area contributed by atoms with Crippen LogP contribution in [-0.2, 0) is 4.79 Å². The molecule has 2 aliphatic rings. The van der Waals surface area contributed by atoms with Crippen LogP contribution >= 0.6 is 12.2 Å². The van der Waals surface area contributed by atoms with Crippen LogP contribution in [0.3, 0.4) is 0 Å². The van der Waals surface area contributed by atoms with Gasteiger partial charge in [-0.15, -0.1) is 0 Å². The number of hydrazine groups is 1. The van der Waals surface area contributed by atoms with E-state index in [1.165, 1.54) is 0 Å². The molecule has 2 aliphatic heterocycles. The third kappa shape index (κ3) is 5.39. The zero-order chi connectivity index (χ0) is 20.8. The van der Waals surface area contributed by atoms with E-state index in [0.29, 0.717) is 23.7 Å². The summed E-state index contributed by atoms with van der Waals surface area (Å²) >= 11 is 5.24. The van der Waals surface area contributed by atoms with E-state index < -0.39 is 0 Å². The molecule has 0 aliphatic carbocycles. The van der Waals surface area contributed by atoms with Crippen LogP contribution in [0, 0.1) is 0 Å². The molecule has 154 valence electrons. The number of aliphatic imine (C=N–C) groups is 1. The lowest BCUT2D eigenvalue weighted by Crippen LogP contribution is -2.39. The minimum Gasteiger partial charge on any atom is -0.478 e. The molecule has 0 fully saturated rings. The molecule has 1 aromatic heterocycles. The number of carbonyl (C=O) groups excluding carboxylic acids is 1. The quantitative estimate of drug-likeness (QED) is 0.524. The van der Waals surface area contributed by atoms with E-state index in [4.69, 9.17) is 17.0 Å². The number of likely N-dealkylation sites (N-methyl/N-ethyl adjacent to an activating group) is 1. The van der Waals surface area contributed by atoms with Crippen molar-refractivity contribution in [1.82, 2.24) is 20.3 Å². The summed E-state index contributed by atoms with van der Waals surface area (Å²) in [5.74, 6) is 1.04. The first kappa shape index (κ1) is 20.9. The van der Waals surface area contributed by atoms with Gasteiger partial charge in [-0.25, -0.2) is 15.0 Å². The Bertz CT molecular complexity index is 849. The van der Waals surface area contributed by atoms with Crippen LogP contribution in [0.5, 0.6) is 5.88 Å². The molecule has 0 spiro atoms. The van der Waals surface area contributed by atoms with E-state index in [-0.39, 0.29) is 17.1 Å². The zero-order valence-electron chi connectivity index (χ0n) is 16.9. The molecule has 3 rings (SSSR count). The third-order valence-electron chi connectivity index (χ3n) is 4.63. The molecule has 0 bridgehead atoms. The number of hydrogen-bond acceptors (Lipinski definition) is 7. The topological polar surface area (TPSA) is 82.1 Å². The van der Waals surface area contributed by atoms with Gasteiger partial charge in [-0.3, -0.25) is 15.1 Å². The number of pyridine rings is 1. The monoisotopic (exact) mass is 414 g/mol. The number of anilines is 1. The Morgan fingerprint density at radius 1 is 1.34 bits per heavy atom. The van der Waals surface area contributed by atoms with Crippen molar-refractivity contribution in [2.24, 2.45) is 4.99 Å². The molecular weight excluding hydrogens is 388 g/mol. The Morgan fingerprint density at radius 2 is 2.17 bits per heavy atom. The van der Waals surface area contributed by atoms with Gasteiger partial charge in [-0.2, -0.15) is 0 Å². The predicted octanol–water partition coefficient (Wildman–Crippen LogP) is 2.82. The molecule has 1 unspecified atom stereocenters. The number of hydrogen-bond donors (Lipinski definition) is 2. The highest BCUT2D eigenvalue weighted by atomic mass is 32.1. The van der Waals surface area contributed by atoms with Gasteiger partial charge in [0.25, 0.3) is 5.91 Å². The number of fused-ring (bicyclic) bond motifs is 1. The van der Waals surface area contributed by atoms with Crippen LogP contribution in [-0.4, -0.2) is 51.9 Å². The standard InChI is InChI=1S/C20H26N6O2S/c1-4-5-6-9-28-18-8-7-16(12-22-18)23-20(29)24-19(27)15-11-21-17-10-14(2)25(3)26(17)13-15/h7-8,10-14H,4-6,9H2,1-3H3,(H2,23,24,27,29). The van der Waals surface area contributed by atoms with Gasteiger partial charge in [0.05, 0.1) is 24.1 Å². The number of carbonyl (C=O) groups is 1. The molecule has 0 saturated carbocycles. The number of nitrogens with zero attached hydrogens (tertiary/aromatic N) is 4. The third-order valence-corrected chi connectivity index (χ3v) is 4.84. The van der Waals surface area contributed by atoms with Gasteiger partial charge < -0.3 is 10.1 Å². The maximum atomic E-state index is 12.5. The van der Waals surface area contributed by atoms with Gasteiger partial charge in [-0.1, -0.05) is 19.8 Å². The average Bonchev–Trinajstić information content (AvgIpc) is 3.00. The minimum absolute atomic E-state index is 0.187. The van der Waals surface area contributed by atoms with Gasteiger partial charge >= 0.3 is 0 Å². The second-order valence-electron chi connectivity index (χ2n) is 6.88. The number of amides is 1. The smallest absolute Gasteiger partial charge is 0.260 e. The van der Waals surface area contributed by atoms with Gasteiger partial charge in [0.2, 0.25) is 5.88 Å². The normalized spacial score (nSPS) is 18.0. The maximum absolute atomic E-state index is 12.5. The average molecular weight is 415 g/mol. The van der Waals surface area contributed by atoms with E-state index in [0.717, 1.165) is 25.1 Å². The lowest BCUT2D eigenvalue weighted by atomic mass is 10.2. The Kier molecular flexibility index (Phi) is 6.95. The lowest BCUT2D eigenvalue weighted by molar-refractivity contribution is -0.115. The summed E-state index contributed by atoms with van der Waals surface area (Å²) in [6.45, 7) is 4.86. The van der Waals surface area contributed by atoms with Crippen LogP contribution in [0.2, 0.25) is 0 Å². The number of unbranched alkanes of at least 4 members (excludes halogenated alkanes) is 2.